The molecule has 0 aliphatic carbocycles. The molecular weight excluding hydrogens is 297 g/mol. The van der Waals surface area contributed by atoms with Crippen LogP contribution in [-0.4, -0.2) is 36.5 Å². The number of nitrogens with one attached hydrogen (secondary N) is 1. The summed E-state index contributed by atoms with van der Waals surface area (Å²) in [5, 5.41) is 3.63. The number of amides is 1. The zero-order valence-corrected chi connectivity index (χ0v) is 13.0. The highest BCUT2D eigenvalue weighted by Gasteiger charge is 2.20. The summed E-state index contributed by atoms with van der Waals surface area (Å²) in [6.07, 6.45) is 1.94. The minimum atomic E-state index is -0.148. The third-order valence-electron chi connectivity index (χ3n) is 3.69. The van der Waals surface area contributed by atoms with Crippen LogP contribution in [0.25, 0.3) is 0 Å². The van der Waals surface area contributed by atoms with Crippen LogP contribution >= 0.6 is 23.2 Å². The zero-order chi connectivity index (χ0) is 14.7. The Bertz CT molecular complexity index is 476. The van der Waals surface area contributed by atoms with E-state index < -0.39 is 0 Å². The molecule has 1 aromatic carbocycles. The van der Waals surface area contributed by atoms with Crippen LogP contribution in [0.4, 0.5) is 5.69 Å². The summed E-state index contributed by atoms with van der Waals surface area (Å²) in [6.45, 7) is 5.25. The fourth-order valence-corrected chi connectivity index (χ4v) is 2.74. The minimum absolute atomic E-state index is 0.148. The van der Waals surface area contributed by atoms with Gasteiger partial charge in [0.25, 0.3) is 5.91 Å². The van der Waals surface area contributed by atoms with Gasteiger partial charge in [0, 0.05) is 24.7 Å². The smallest absolute Gasteiger partial charge is 0.251 e. The number of halogens is 2. The average Bonchev–Trinajstić information content (AvgIpc) is 2.45. The summed E-state index contributed by atoms with van der Waals surface area (Å²) in [4.78, 5) is 14.6. The summed E-state index contributed by atoms with van der Waals surface area (Å²) >= 11 is 11.8. The van der Waals surface area contributed by atoms with Gasteiger partial charge in [0.15, 0.2) is 0 Å². The molecule has 0 radical (unpaired) electrons. The van der Waals surface area contributed by atoms with Gasteiger partial charge in [-0.2, -0.15) is 0 Å². The summed E-state index contributed by atoms with van der Waals surface area (Å²) in [5.74, 6) is -0.148. The van der Waals surface area contributed by atoms with Gasteiger partial charge in [0.2, 0.25) is 0 Å². The summed E-state index contributed by atoms with van der Waals surface area (Å²) in [5.41, 5.74) is 6.50. The highest BCUT2D eigenvalue weighted by atomic mass is 35.5. The van der Waals surface area contributed by atoms with E-state index in [9.17, 15) is 4.79 Å². The third-order valence-corrected chi connectivity index (χ3v) is 4.51. The molecule has 1 amide bonds. The summed E-state index contributed by atoms with van der Waals surface area (Å²) in [7, 11) is 0. The number of carbonyl (C=O) groups is 1. The maximum absolute atomic E-state index is 12.2. The van der Waals surface area contributed by atoms with Gasteiger partial charge in [-0.05, 0) is 31.5 Å². The lowest BCUT2D eigenvalue weighted by Gasteiger charge is -2.31. The molecule has 1 aliphatic heterocycles. The fourth-order valence-electron chi connectivity index (χ4n) is 2.40. The number of nitrogen functional groups attached to an aromatic ring is 1. The van der Waals surface area contributed by atoms with Gasteiger partial charge in [-0.3, -0.25) is 4.79 Å². The molecule has 0 aromatic heterocycles. The molecule has 110 valence electrons. The number of anilines is 1. The Morgan fingerprint density at radius 1 is 1.40 bits per heavy atom. The first-order chi connectivity index (χ1) is 9.51. The molecule has 0 spiro atoms. The molecule has 3 N–H and O–H groups in total. The molecule has 0 saturated carbocycles. The fraction of sp³-hybridized carbons (Fsp3) is 0.500. The van der Waals surface area contributed by atoms with Crippen molar-refractivity contribution in [2.75, 3.05) is 25.4 Å². The molecule has 0 bridgehead atoms. The largest absolute Gasteiger partial charge is 0.397 e. The quantitative estimate of drug-likeness (QED) is 0.843. The van der Waals surface area contributed by atoms with Gasteiger partial charge >= 0.3 is 0 Å². The number of carbonyl (C=O) groups excluding carboxylic acids is 1. The van der Waals surface area contributed by atoms with Gasteiger partial charge in [0.1, 0.15) is 0 Å². The van der Waals surface area contributed by atoms with Crippen molar-refractivity contribution in [3.8, 4) is 0 Å². The Balaban J connectivity index is 1.99. The van der Waals surface area contributed by atoms with Crippen molar-refractivity contribution < 1.29 is 4.79 Å². The van der Waals surface area contributed by atoms with E-state index >= 15 is 0 Å². The van der Waals surface area contributed by atoms with Crippen molar-refractivity contribution in [3.05, 3.63) is 27.7 Å². The van der Waals surface area contributed by atoms with Gasteiger partial charge in [0.05, 0.1) is 15.7 Å². The van der Waals surface area contributed by atoms with E-state index in [0.717, 1.165) is 32.5 Å². The van der Waals surface area contributed by atoms with Gasteiger partial charge in [-0.25, -0.2) is 0 Å². The van der Waals surface area contributed by atoms with E-state index in [-0.39, 0.29) is 11.9 Å². The number of rotatable bonds is 3. The van der Waals surface area contributed by atoms with Crippen LogP contribution in [0.2, 0.25) is 10.0 Å². The molecule has 2 rings (SSSR count). The molecule has 1 aromatic rings. The Morgan fingerprint density at radius 3 is 2.60 bits per heavy atom. The molecule has 1 aliphatic rings. The highest BCUT2D eigenvalue weighted by Crippen LogP contribution is 2.29. The van der Waals surface area contributed by atoms with Gasteiger partial charge < -0.3 is 16.0 Å². The minimum Gasteiger partial charge on any atom is -0.397 e. The van der Waals surface area contributed by atoms with E-state index in [1.165, 1.54) is 0 Å². The maximum atomic E-state index is 12.2. The number of hydrogen-bond acceptors (Lipinski definition) is 3. The third kappa shape index (κ3) is 3.57. The van der Waals surface area contributed by atoms with Crippen molar-refractivity contribution in [2.24, 2.45) is 0 Å². The topological polar surface area (TPSA) is 58.4 Å². The second kappa shape index (κ2) is 6.66. The number of piperidine rings is 1. The molecule has 1 fully saturated rings. The van der Waals surface area contributed by atoms with Crippen LogP contribution in [0.5, 0.6) is 0 Å². The van der Waals surface area contributed by atoms with Gasteiger partial charge in [-0.1, -0.05) is 30.1 Å². The first-order valence-electron chi connectivity index (χ1n) is 6.79. The molecule has 0 unspecified atom stereocenters. The first-order valence-corrected chi connectivity index (χ1v) is 7.54. The number of benzene rings is 1. The second-order valence-electron chi connectivity index (χ2n) is 5.04. The Morgan fingerprint density at radius 2 is 2.05 bits per heavy atom. The van der Waals surface area contributed by atoms with Crippen LogP contribution in [0.15, 0.2) is 12.1 Å². The average molecular weight is 316 g/mol. The van der Waals surface area contributed by atoms with Crippen molar-refractivity contribution in [3.63, 3.8) is 0 Å². The molecule has 1 saturated heterocycles. The summed E-state index contributed by atoms with van der Waals surface area (Å²) in [6, 6.07) is 3.32. The number of nitrogens with zero attached hydrogens (tertiary/aromatic N) is 1. The molecule has 4 nitrogen and oxygen atoms in total. The number of hydrogen-bond donors (Lipinski definition) is 2. The van der Waals surface area contributed by atoms with Crippen LogP contribution in [-0.2, 0) is 0 Å². The van der Waals surface area contributed by atoms with Crippen LogP contribution in [0, 0.1) is 0 Å². The van der Waals surface area contributed by atoms with Crippen LogP contribution < -0.4 is 11.1 Å². The standard InChI is InChI=1S/C14H19Cl2N3O/c1-2-19-5-3-10(4-6-19)18-14(20)9-7-11(15)13(16)12(17)8-9/h7-8,10H,2-6,17H2,1H3,(H,18,20). The molecular formula is C14H19Cl2N3O. The number of likely N-dealkylation sites (tertiary alicyclic amines) is 1. The van der Waals surface area contributed by atoms with Crippen molar-refractivity contribution in [1.29, 1.82) is 0 Å². The second-order valence-corrected chi connectivity index (χ2v) is 5.83. The molecule has 6 heteroatoms. The Labute approximate surface area is 129 Å². The van der Waals surface area contributed by atoms with Crippen LogP contribution in [0.1, 0.15) is 30.1 Å². The van der Waals surface area contributed by atoms with Crippen molar-refractivity contribution >= 4 is 34.8 Å². The molecule has 20 heavy (non-hydrogen) atoms. The van der Waals surface area contributed by atoms with E-state index in [4.69, 9.17) is 28.9 Å². The Hall–Kier alpha value is -0.970. The molecule has 0 atom stereocenters. The molecule has 1 heterocycles. The Kier molecular flexibility index (Phi) is 5.13. The van der Waals surface area contributed by atoms with Crippen LogP contribution in [0.3, 0.4) is 0 Å². The predicted octanol–water partition coefficient (Wildman–Crippen LogP) is 2.79. The highest BCUT2D eigenvalue weighted by molar-refractivity contribution is 6.43. The van der Waals surface area contributed by atoms with Crippen molar-refractivity contribution in [2.45, 2.75) is 25.8 Å². The zero-order valence-electron chi connectivity index (χ0n) is 11.5. The lowest BCUT2D eigenvalue weighted by atomic mass is 10.0. The maximum Gasteiger partial charge on any atom is 0.251 e. The predicted molar refractivity (Wildman–Crippen MR) is 83.5 cm³/mol. The van der Waals surface area contributed by atoms with E-state index in [1.54, 1.807) is 12.1 Å². The SMILES string of the molecule is CCN1CCC(NC(=O)c2cc(N)c(Cl)c(Cl)c2)CC1. The lowest BCUT2D eigenvalue weighted by Crippen LogP contribution is -2.44. The number of nitrogens with two attached hydrogens (primary N) is 1. The monoisotopic (exact) mass is 315 g/mol. The lowest BCUT2D eigenvalue weighted by molar-refractivity contribution is 0.0912. The normalized spacial score (nSPS) is 17.1. The van der Waals surface area contributed by atoms with E-state index in [0.29, 0.717) is 21.3 Å². The van der Waals surface area contributed by atoms with Crippen molar-refractivity contribution in [1.82, 2.24) is 10.2 Å². The first kappa shape index (κ1) is 15.4. The van der Waals surface area contributed by atoms with E-state index in [1.807, 2.05) is 0 Å². The summed E-state index contributed by atoms with van der Waals surface area (Å²) < 4.78 is 0. The van der Waals surface area contributed by atoms with E-state index in [2.05, 4.69) is 17.1 Å². The van der Waals surface area contributed by atoms with Gasteiger partial charge in [-0.15, -0.1) is 0 Å².